The molecular formula is C4H13MoO2-3. The van der Waals surface area contributed by atoms with Crippen LogP contribution in [0.3, 0.4) is 0 Å². The van der Waals surface area contributed by atoms with Crippen LogP contribution in [0.15, 0.2) is 0 Å². The van der Waals surface area contributed by atoms with E-state index in [4.69, 9.17) is 8.50 Å². The topological polar surface area (TPSA) is 37.3 Å². The summed E-state index contributed by atoms with van der Waals surface area (Å²) in [5.74, 6) is 0. The third-order valence-electron chi connectivity index (χ3n) is 0. The zero-order valence-corrected chi connectivity index (χ0v) is 7.27. The monoisotopic (exact) mass is 191 g/mol. The van der Waals surface area contributed by atoms with E-state index in [1.807, 2.05) is 0 Å². The van der Waals surface area contributed by atoms with Crippen LogP contribution in [0.1, 0.15) is 0 Å². The molecule has 0 heterocycles. The molecule has 0 atom stereocenters. The second-order valence-electron chi connectivity index (χ2n) is 0. The standard InChI is InChI=1S/CH4O.3CH3.Mo.O/c1-2;;;;;/h2H,1H3;3*1H3;;/q;3*-1;;. The van der Waals surface area contributed by atoms with Crippen LogP contribution < -0.4 is 0 Å². The van der Waals surface area contributed by atoms with Crippen molar-refractivity contribution < 1.29 is 28.3 Å². The van der Waals surface area contributed by atoms with Gasteiger partial charge >= 0.3 is 23.2 Å². The van der Waals surface area contributed by atoms with Crippen LogP contribution in [-0.2, 0) is 23.2 Å². The van der Waals surface area contributed by atoms with Crippen LogP contribution in [0, 0.1) is 22.3 Å². The van der Waals surface area contributed by atoms with E-state index in [1.165, 1.54) is 0 Å². The quantitative estimate of drug-likeness (QED) is 0.452. The SMILES string of the molecule is CO.[CH3-].[CH3-].[CH3-].[O]=[Mo]. The summed E-state index contributed by atoms with van der Waals surface area (Å²) >= 11 is 0.700. The fraction of sp³-hybridized carbons (Fsp3) is 0.250. The Hall–Kier alpha value is 0.448. The Bertz CT molecular complexity index is 9.65. The number of hydrogen-bond acceptors (Lipinski definition) is 2. The van der Waals surface area contributed by atoms with Gasteiger partial charge in [-0.1, -0.05) is 0 Å². The van der Waals surface area contributed by atoms with E-state index >= 15 is 0 Å². The maximum atomic E-state index is 8.26. The van der Waals surface area contributed by atoms with Gasteiger partial charge < -0.3 is 27.4 Å². The first-order chi connectivity index (χ1) is 2.00. The Kier molecular flexibility index (Phi) is 7030. The number of aliphatic hydroxyl groups is 1. The Balaban J connectivity index is -0.00000000267. The first kappa shape index (κ1) is 51.7. The predicted molar refractivity (Wildman–Crippen MR) is 28.1 cm³/mol. The first-order valence-electron chi connectivity index (χ1n) is 0.614. The van der Waals surface area contributed by atoms with E-state index in [0.29, 0.717) is 19.8 Å². The molecule has 7 heavy (non-hydrogen) atoms. The van der Waals surface area contributed by atoms with Crippen LogP contribution in [0.25, 0.3) is 0 Å². The van der Waals surface area contributed by atoms with Crippen LogP contribution in [0.5, 0.6) is 0 Å². The van der Waals surface area contributed by atoms with E-state index in [0.717, 1.165) is 7.11 Å². The summed E-state index contributed by atoms with van der Waals surface area (Å²) in [6.07, 6.45) is 0. The molecule has 50 valence electrons. The van der Waals surface area contributed by atoms with Gasteiger partial charge in [0.15, 0.2) is 0 Å². The van der Waals surface area contributed by atoms with Gasteiger partial charge in [-0.2, -0.15) is 0 Å². The van der Waals surface area contributed by atoms with E-state index in [2.05, 4.69) is 0 Å². The molecule has 0 aromatic carbocycles. The van der Waals surface area contributed by atoms with Gasteiger partial charge in [0.1, 0.15) is 0 Å². The minimum atomic E-state index is 0. The first-order valence-corrected chi connectivity index (χ1v) is 1.43. The summed E-state index contributed by atoms with van der Waals surface area (Å²) in [7, 11) is 1.00. The van der Waals surface area contributed by atoms with E-state index in [9.17, 15) is 0 Å². The van der Waals surface area contributed by atoms with Crippen molar-refractivity contribution in [3.8, 4) is 0 Å². The van der Waals surface area contributed by atoms with Crippen molar-refractivity contribution in [1.82, 2.24) is 0 Å². The third-order valence-corrected chi connectivity index (χ3v) is 0. The number of aliphatic hydroxyl groups excluding tert-OH is 1. The molecule has 0 aliphatic carbocycles. The van der Waals surface area contributed by atoms with Crippen LogP contribution in [-0.4, -0.2) is 12.2 Å². The zero-order valence-electron chi connectivity index (χ0n) is 5.26. The van der Waals surface area contributed by atoms with Crippen molar-refractivity contribution in [3.63, 3.8) is 0 Å². The Labute approximate surface area is 58.1 Å². The van der Waals surface area contributed by atoms with Gasteiger partial charge in [-0.3, -0.25) is 0 Å². The third kappa shape index (κ3) is 635. The average Bonchev–Trinajstić information content (AvgIpc) is 1.50. The molecule has 0 spiro atoms. The van der Waals surface area contributed by atoms with Gasteiger partial charge in [0.25, 0.3) is 0 Å². The van der Waals surface area contributed by atoms with Gasteiger partial charge in [0.05, 0.1) is 0 Å². The summed E-state index contributed by atoms with van der Waals surface area (Å²) in [5, 5.41) is 7.00. The van der Waals surface area contributed by atoms with Crippen LogP contribution >= 0.6 is 0 Å². The van der Waals surface area contributed by atoms with Crippen molar-refractivity contribution in [3.05, 3.63) is 22.3 Å². The van der Waals surface area contributed by atoms with Gasteiger partial charge in [0, 0.05) is 7.11 Å². The van der Waals surface area contributed by atoms with Crippen molar-refractivity contribution in [1.29, 1.82) is 0 Å². The van der Waals surface area contributed by atoms with E-state index in [-0.39, 0.29) is 22.3 Å². The molecule has 0 unspecified atom stereocenters. The van der Waals surface area contributed by atoms with E-state index < -0.39 is 0 Å². The number of hydrogen-bond donors (Lipinski definition) is 1. The molecule has 2 nitrogen and oxygen atoms in total. The summed E-state index contributed by atoms with van der Waals surface area (Å²) < 4.78 is 8.26. The van der Waals surface area contributed by atoms with Crippen molar-refractivity contribution >= 4 is 0 Å². The normalized spacial score (nSPS) is 1.43. The van der Waals surface area contributed by atoms with Gasteiger partial charge in [0.2, 0.25) is 0 Å². The minimum absolute atomic E-state index is 0. The Morgan fingerprint density at radius 3 is 1.00 bits per heavy atom. The molecule has 0 aliphatic heterocycles. The summed E-state index contributed by atoms with van der Waals surface area (Å²) in [5.41, 5.74) is 0. The fourth-order valence-electron chi connectivity index (χ4n) is 0. The molecule has 0 rings (SSSR count). The molecule has 0 fully saturated rings. The molecule has 3 heteroatoms. The molecule has 0 bridgehead atoms. The second kappa shape index (κ2) is 952. The van der Waals surface area contributed by atoms with Crippen molar-refractivity contribution in [2.45, 2.75) is 0 Å². The molecule has 0 amide bonds. The van der Waals surface area contributed by atoms with Crippen LogP contribution in [0.2, 0.25) is 0 Å². The van der Waals surface area contributed by atoms with Gasteiger partial charge in [-0.25, -0.2) is 0 Å². The molecule has 0 saturated heterocycles. The van der Waals surface area contributed by atoms with Gasteiger partial charge in [-0.05, 0) is 0 Å². The molecule has 1 N–H and O–H groups in total. The molecular weight excluding hydrogens is 176 g/mol. The fourth-order valence-corrected chi connectivity index (χ4v) is 0. The maximum absolute atomic E-state index is 8.26. The summed E-state index contributed by atoms with van der Waals surface area (Å²) in [6, 6.07) is 0. The van der Waals surface area contributed by atoms with Crippen LogP contribution in [0.4, 0.5) is 0 Å². The summed E-state index contributed by atoms with van der Waals surface area (Å²) in [4.78, 5) is 0. The Morgan fingerprint density at radius 1 is 1.00 bits per heavy atom. The predicted octanol–water partition coefficient (Wildman–Crippen LogP) is 0.838. The molecule has 0 aromatic heterocycles. The van der Waals surface area contributed by atoms with Crippen molar-refractivity contribution in [2.75, 3.05) is 7.11 Å². The number of rotatable bonds is 0. The molecule has 0 saturated carbocycles. The molecule has 0 aliphatic rings. The van der Waals surface area contributed by atoms with Gasteiger partial charge in [-0.15, -0.1) is 0 Å². The summed E-state index contributed by atoms with van der Waals surface area (Å²) in [6.45, 7) is 0. The molecule has 0 radical (unpaired) electrons. The average molecular weight is 189 g/mol. The Morgan fingerprint density at radius 2 is 1.00 bits per heavy atom. The zero-order chi connectivity index (χ0) is 4.00. The molecule has 0 aromatic rings. The van der Waals surface area contributed by atoms with Crippen molar-refractivity contribution in [2.24, 2.45) is 0 Å². The van der Waals surface area contributed by atoms with E-state index in [1.54, 1.807) is 0 Å². The second-order valence-corrected chi connectivity index (χ2v) is 0.